The van der Waals surface area contributed by atoms with Gasteiger partial charge in [0.15, 0.2) is 0 Å². The van der Waals surface area contributed by atoms with Crippen molar-refractivity contribution in [3.8, 4) is 0 Å². The summed E-state index contributed by atoms with van der Waals surface area (Å²) in [7, 11) is 0. The Labute approximate surface area is 105 Å². The van der Waals surface area contributed by atoms with Gasteiger partial charge >= 0.3 is 0 Å². The number of hydrogen-bond donors (Lipinski definition) is 1. The molecule has 16 heavy (non-hydrogen) atoms. The molecule has 1 rings (SSSR count). The molecule has 0 bridgehead atoms. The van der Waals surface area contributed by atoms with Crippen LogP contribution >= 0.6 is 11.8 Å². The monoisotopic (exact) mass is 241 g/mol. The normalized spacial score (nSPS) is 26.8. The van der Waals surface area contributed by atoms with E-state index >= 15 is 0 Å². The fourth-order valence-electron chi connectivity index (χ4n) is 2.09. The molecule has 0 radical (unpaired) electrons. The zero-order chi connectivity index (χ0) is 12.0. The van der Waals surface area contributed by atoms with Gasteiger partial charge in [-0.3, -0.25) is 0 Å². The first-order chi connectivity index (χ1) is 7.52. The van der Waals surface area contributed by atoms with Crippen LogP contribution in [-0.4, -0.2) is 23.1 Å². The minimum atomic E-state index is 0.505. The zero-order valence-electron chi connectivity index (χ0n) is 11.3. The molecule has 1 fully saturated rings. The standard InChI is InChI=1S/C14H27NS/c1-12(2)7-5-8-13(3)15-11-14(4)9-6-10-16-14/h7,13,15H,5-6,8-11H2,1-4H3. The summed E-state index contributed by atoms with van der Waals surface area (Å²) in [4.78, 5) is 0. The smallest absolute Gasteiger partial charge is 0.0256 e. The lowest BCUT2D eigenvalue weighted by Gasteiger charge is -2.25. The van der Waals surface area contributed by atoms with Crippen molar-refractivity contribution in [3.63, 3.8) is 0 Å². The Balaban J connectivity index is 2.14. The second-order valence-corrected chi connectivity index (χ2v) is 7.23. The first kappa shape index (κ1) is 14.1. The van der Waals surface area contributed by atoms with Gasteiger partial charge in [-0.1, -0.05) is 11.6 Å². The van der Waals surface area contributed by atoms with Gasteiger partial charge in [0.25, 0.3) is 0 Å². The topological polar surface area (TPSA) is 12.0 Å². The van der Waals surface area contributed by atoms with Gasteiger partial charge in [-0.2, -0.15) is 11.8 Å². The van der Waals surface area contributed by atoms with Gasteiger partial charge in [0.1, 0.15) is 0 Å². The molecular weight excluding hydrogens is 214 g/mol. The lowest BCUT2D eigenvalue weighted by atomic mass is 10.0. The predicted octanol–water partition coefficient (Wildman–Crippen LogP) is 4.00. The van der Waals surface area contributed by atoms with E-state index in [-0.39, 0.29) is 0 Å². The van der Waals surface area contributed by atoms with Gasteiger partial charge in [0.05, 0.1) is 0 Å². The van der Waals surface area contributed by atoms with Gasteiger partial charge in [-0.25, -0.2) is 0 Å². The van der Waals surface area contributed by atoms with Crippen LogP contribution in [0.3, 0.4) is 0 Å². The van der Waals surface area contributed by atoms with E-state index in [9.17, 15) is 0 Å². The Morgan fingerprint density at radius 1 is 1.50 bits per heavy atom. The molecular formula is C14H27NS. The van der Waals surface area contributed by atoms with E-state index in [1.807, 2.05) is 0 Å². The Morgan fingerprint density at radius 2 is 2.25 bits per heavy atom. The number of hydrogen-bond acceptors (Lipinski definition) is 2. The van der Waals surface area contributed by atoms with Gasteiger partial charge in [0.2, 0.25) is 0 Å². The summed E-state index contributed by atoms with van der Waals surface area (Å²) in [6.45, 7) is 10.2. The minimum absolute atomic E-state index is 0.505. The second kappa shape index (κ2) is 6.70. The molecule has 1 nitrogen and oxygen atoms in total. The highest BCUT2D eigenvalue weighted by Crippen LogP contribution is 2.37. The summed E-state index contributed by atoms with van der Waals surface area (Å²) in [5.41, 5.74) is 1.44. The fraction of sp³-hybridized carbons (Fsp3) is 0.857. The van der Waals surface area contributed by atoms with Crippen molar-refractivity contribution in [2.45, 2.75) is 64.2 Å². The quantitative estimate of drug-likeness (QED) is 0.706. The highest BCUT2D eigenvalue weighted by molar-refractivity contribution is 8.00. The van der Waals surface area contributed by atoms with Crippen LogP contribution in [0.25, 0.3) is 0 Å². The summed E-state index contributed by atoms with van der Waals surface area (Å²) in [5, 5.41) is 3.69. The Kier molecular flexibility index (Phi) is 5.91. The molecule has 1 heterocycles. The van der Waals surface area contributed by atoms with Crippen LogP contribution in [0.4, 0.5) is 0 Å². The SMILES string of the molecule is CC(C)=CCCC(C)NCC1(C)CCCS1. The first-order valence-corrected chi connectivity index (χ1v) is 7.51. The van der Waals surface area contributed by atoms with Crippen LogP contribution in [0.2, 0.25) is 0 Å². The molecule has 0 aromatic rings. The number of nitrogens with one attached hydrogen (secondary N) is 1. The van der Waals surface area contributed by atoms with Crippen LogP contribution in [0.1, 0.15) is 53.4 Å². The lowest BCUT2D eigenvalue weighted by Crippen LogP contribution is -2.37. The molecule has 0 aromatic heterocycles. The van der Waals surface area contributed by atoms with Crippen molar-refractivity contribution < 1.29 is 0 Å². The maximum absolute atomic E-state index is 3.69. The summed E-state index contributed by atoms with van der Waals surface area (Å²) in [6, 6.07) is 0.647. The van der Waals surface area contributed by atoms with Gasteiger partial charge < -0.3 is 5.32 Å². The second-order valence-electron chi connectivity index (χ2n) is 5.54. The first-order valence-electron chi connectivity index (χ1n) is 6.52. The van der Waals surface area contributed by atoms with E-state index < -0.39 is 0 Å². The largest absolute Gasteiger partial charge is 0.313 e. The molecule has 0 saturated carbocycles. The fourth-order valence-corrected chi connectivity index (χ4v) is 3.35. The van der Waals surface area contributed by atoms with Crippen molar-refractivity contribution >= 4 is 11.8 Å². The van der Waals surface area contributed by atoms with E-state index in [0.29, 0.717) is 10.8 Å². The van der Waals surface area contributed by atoms with Gasteiger partial charge in [0, 0.05) is 17.3 Å². The van der Waals surface area contributed by atoms with Crippen molar-refractivity contribution in [1.82, 2.24) is 5.32 Å². The van der Waals surface area contributed by atoms with E-state index in [4.69, 9.17) is 0 Å². The molecule has 94 valence electrons. The summed E-state index contributed by atoms with van der Waals surface area (Å²) in [6.07, 6.45) is 7.58. The summed E-state index contributed by atoms with van der Waals surface area (Å²) in [5.74, 6) is 1.35. The maximum Gasteiger partial charge on any atom is 0.0256 e. The van der Waals surface area contributed by atoms with E-state index in [1.54, 1.807) is 0 Å². The van der Waals surface area contributed by atoms with Crippen molar-refractivity contribution in [2.75, 3.05) is 12.3 Å². The van der Waals surface area contributed by atoms with Gasteiger partial charge in [-0.05, 0) is 59.1 Å². The van der Waals surface area contributed by atoms with Crippen molar-refractivity contribution in [3.05, 3.63) is 11.6 Å². The van der Waals surface area contributed by atoms with Crippen molar-refractivity contribution in [2.24, 2.45) is 0 Å². The molecule has 0 aliphatic carbocycles. The van der Waals surface area contributed by atoms with Crippen molar-refractivity contribution in [1.29, 1.82) is 0 Å². The Bertz CT molecular complexity index is 225. The molecule has 1 aliphatic heterocycles. The number of rotatable bonds is 6. The molecule has 1 saturated heterocycles. The van der Waals surface area contributed by atoms with Gasteiger partial charge in [-0.15, -0.1) is 0 Å². The Morgan fingerprint density at radius 3 is 2.81 bits per heavy atom. The average Bonchev–Trinajstić information content (AvgIpc) is 2.62. The average molecular weight is 241 g/mol. The van der Waals surface area contributed by atoms with Crippen LogP contribution in [0.5, 0.6) is 0 Å². The third kappa shape index (κ3) is 5.40. The molecule has 1 aliphatic rings. The highest BCUT2D eigenvalue weighted by atomic mass is 32.2. The maximum atomic E-state index is 3.69. The minimum Gasteiger partial charge on any atom is -0.313 e. The Hall–Kier alpha value is 0.0500. The lowest BCUT2D eigenvalue weighted by molar-refractivity contribution is 0.463. The predicted molar refractivity (Wildman–Crippen MR) is 76.2 cm³/mol. The summed E-state index contributed by atoms with van der Waals surface area (Å²) < 4.78 is 0.505. The third-order valence-electron chi connectivity index (χ3n) is 3.28. The number of thioether (sulfide) groups is 1. The molecule has 0 spiro atoms. The number of allylic oxidation sites excluding steroid dienone is 2. The molecule has 0 amide bonds. The van der Waals surface area contributed by atoms with Crippen LogP contribution < -0.4 is 5.32 Å². The van der Waals surface area contributed by atoms with Crippen LogP contribution in [0.15, 0.2) is 11.6 Å². The van der Waals surface area contributed by atoms with Crippen LogP contribution in [-0.2, 0) is 0 Å². The van der Waals surface area contributed by atoms with E-state index in [1.165, 1.54) is 43.6 Å². The molecule has 2 heteroatoms. The highest BCUT2D eigenvalue weighted by Gasteiger charge is 2.29. The molecule has 2 unspecified atom stereocenters. The van der Waals surface area contributed by atoms with E-state index in [2.05, 4.69) is 50.8 Å². The molecule has 0 aromatic carbocycles. The summed E-state index contributed by atoms with van der Waals surface area (Å²) >= 11 is 2.14. The third-order valence-corrected chi connectivity index (χ3v) is 4.82. The molecule has 1 N–H and O–H groups in total. The molecule has 2 atom stereocenters. The zero-order valence-corrected chi connectivity index (χ0v) is 12.1. The van der Waals surface area contributed by atoms with E-state index in [0.717, 1.165) is 0 Å². The van der Waals surface area contributed by atoms with Crippen LogP contribution in [0, 0.1) is 0 Å².